The summed E-state index contributed by atoms with van der Waals surface area (Å²) < 4.78 is 69.4. The predicted octanol–water partition coefficient (Wildman–Crippen LogP) is 3.92. The Morgan fingerprint density at radius 2 is 1.59 bits per heavy atom. The number of rotatable bonds is 5. The largest absolute Gasteiger partial charge is 0.490 e. The topological polar surface area (TPSA) is 103 Å². The van der Waals surface area contributed by atoms with Crippen molar-refractivity contribution in [2.75, 3.05) is 39.8 Å². The van der Waals surface area contributed by atoms with Gasteiger partial charge in [-0.1, -0.05) is 12.5 Å². The lowest BCUT2D eigenvalue weighted by atomic mass is 9.74. The molecule has 0 bridgehead atoms. The molecule has 0 radical (unpaired) electrons. The van der Waals surface area contributed by atoms with Crippen LogP contribution in [-0.2, 0) is 9.59 Å². The molecular weight excluding hydrogens is 512 g/mol. The third-order valence-corrected chi connectivity index (χ3v) is 6.72. The Hall–Kier alpha value is -2.61. The minimum absolute atomic E-state index is 0.417. The van der Waals surface area contributed by atoms with E-state index in [0.717, 1.165) is 18.4 Å². The van der Waals surface area contributed by atoms with Crippen molar-refractivity contribution in [1.82, 2.24) is 14.8 Å². The molecule has 3 aliphatic rings. The fourth-order valence-corrected chi connectivity index (χ4v) is 4.51. The van der Waals surface area contributed by atoms with Gasteiger partial charge in [0.05, 0.1) is 6.61 Å². The lowest BCUT2D eigenvalue weighted by Gasteiger charge is -2.59. The molecule has 1 unspecified atom stereocenters. The Kier molecular flexibility index (Phi) is 10.6. The van der Waals surface area contributed by atoms with Crippen LogP contribution in [-0.4, -0.2) is 94.7 Å². The van der Waals surface area contributed by atoms with E-state index in [9.17, 15) is 26.3 Å². The van der Waals surface area contributed by atoms with Crippen molar-refractivity contribution < 1.29 is 50.9 Å². The van der Waals surface area contributed by atoms with Gasteiger partial charge >= 0.3 is 24.3 Å². The number of aromatic nitrogens is 1. The summed E-state index contributed by atoms with van der Waals surface area (Å²) in [7, 11) is 2.32. The first-order valence-electron chi connectivity index (χ1n) is 11.7. The van der Waals surface area contributed by atoms with E-state index in [-0.39, 0.29) is 0 Å². The van der Waals surface area contributed by atoms with E-state index >= 15 is 0 Å². The van der Waals surface area contributed by atoms with Crippen molar-refractivity contribution in [3.63, 3.8) is 0 Å². The number of alkyl halides is 6. The maximum absolute atomic E-state index is 10.6. The van der Waals surface area contributed by atoms with Crippen LogP contribution < -0.4 is 4.74 Å². The van der Waals surface area contributed by atoms with Crippen LogP contribution in [0.5, 0.6) is 5.88 Å². The number of carboxylic acids is 2. The van der Waals surface area contributed by atoms with Crippen LogP contribution >= 0.6 is 0 Å². The maximum atomic E-state index is 10.6. The lowest BCUT2D eigenvalue weighted by molar-refractivity contribution is -0.193. The second kappa shape index (κ2) is 12.8. The fraction of sp³-hybridized carbons (Fsp3) is 0.696. The number of likely N-dealkylation sites (tertiary alicyclic amines) is 2. The van der Waals surface area contributed by atoms with Crippen molar-refractivity contribution >= 4 is 11.9 Å². The molecule has 3 heterocycles. The van der Waals surface area contributed by atoms with Crippen LogP contribution in [0.4, 0.5) is 26.3 Å². The van der Waals surface area contributed by atoms with Gasteiger partial charge in [0.1, 0.15) is 0 Å². The Morgan fingerprint density at radius 3 is 2.03 bits per heavy atom. The summed E-state index contributed by atoms with van der Waals surface area (Å²) in [6, 6.07) is 5.87. The molecule has 1 aliphatic carbocycles. The average Bonchev–Trinajstić information content (AvgIpc) is 2.75. The quantitative estimate of drug-likeness (QED) is 0.539. The average molecular weight is 544 g/mol. The third-order valence-electron chi connectivity index (χ3n) is 6.72. The van der Waals surface area contributed by atoms with Crippen LogP contribution in [0.1, 0.15) is 32.1 Å². The van der Waals surface area contributed by atoms with Gasteiger partial charge in [-0.05, 0) is 57.2 Å². The molecule has 1 aromatic heterocycles. The number of pyridine rings is 1. The van der Waals surface area contributed by atoms with Crippen LogP contribution in [0.3, 0.4) is 0 Å². The molecular formula is C23H31F6N3O5. The van der Waals surface area contributed by atoms with Crippen LogP contribution in [0.2, 0.25) is 0 Å². The van der Waals surface area contributed by atoms with E-state index in [2.05, 4.69) is 21.8 Å². The first kappa shape index (κ1) is 30.6. The summed E-state index contributed by atoms with van der Waals surface area (Å²) in [5.41, 5.74) is 0.417. The van der Waals surface area contributed by atoms with E-state index in [0.29, 0.717) is 11.5 Å². The number of hydrogen-bond donors (Lipinski definition) is 2. The highest BCUT2D eigenvalue weighted by Gasteiger charge is 2.49. The van der Waals surface area contributed by atoms with E-state index in [1.807, 2.05) is 18.2 Å². The Balaban J connectivity index is 0.000000286. The molecule has 2 N–H and O–H groups in total. The summed E-state index contributed by atoms with van der Waals surface area (Å²) in [4.78, 5) is 27.4. The Labute approximate surface area is 210 Å². The molecule has 1 spiro atoms. The Bertz CT molecular complexity index is 850. The summed E-state index contributed by atoms with van der Waals surface area (Å²) in [6.07, 6.45) is -1.48. The molecule has 2 saturated heterocycles. The molecule has 0 aromatic carbocycles. The monoisotopic (exact) mass is 543 g/mol. The molecule has 37 heavy (non-hydrogen) atoms. The molecule has 210 valence electrons. The van der Waals surface area contributed by atoms with Gasteiger partial charge in [0, 0.05) is 37.4 Å². The first-order valence-corrected chi connectivity index (χ1v) is 11.7. The molecule has 8 nitrogen and oxygen atoms in total. The number of likely N-dealkylation sites (N-methyl/N-ethyl adjacent to an activating group) is 1. The number of hydrogen-bond acceptors (Lipinski definition) is 6. The number of halogens is 6. The number of aliphatic carboxylic acids is 2. The highest BCUT2D eigenvalue weighted by atomic mass is 19.4. The van der Waals surface area contributed by atoms with E-state index in [4.69, 9.17) is 24.5 Å². The third kappa shape index (κ3) is 9.65. The zero-order chi connectivity index (χ0) is 27.9. The molecule has 4 rings (SSSR count). The van der Waals surface area contributed by atoms with Gasteiger partial charge in [-0.2, -0.15) is 26.3 Å². The SMILES string of the molecule is CN1CCC(COc2ccccn2)CC12CN(CC1CCC1)C2.O=C(O)C(F)(F)F.O=C(O)C(F)(F)F. The predicted molar refractivity (Wildman–Crippen MR) is 119 cm³/mol. The number of carboxylic acid groups (broad SMARTS) is 2. The highest BCUT2D eigenvalue weighted by molar-refractivity contribution is 5.73. The first-order chi connectivity index (χ1) is 17.1. The summed E-state index contributed by atoms with van der Waals surface area (Å²) in [5.74, 6) is -3.09. The van der Waals surface area contributed by atoms with Crippen molar-refractivity contribution in [1.29, 1.82) is 0 Å². The van der Waals surface area contributed by atoms with Gasteiger partial charge in [0.2, 0.25) is 5.88 Å². The molecule has 1 atom stereocenters. The molecule has 2 aliphatic heterocycles. The van der Waals surface area contributed by atoms with Crippen molar-refractivity contribution in [3.8, 4) is 5.88 Å². The summed E-state index contributed by atoms with van der Waals surface area (Å²) in [6.45, 7) is 5.88. The van der Waals surface area contributed by atoms with E-state index in [1.165, 1.54) is 58.3 Å². The summed E-state index contributed by atoms with van der Waals surface area (Å²) in [5, 5.41) is 14.2. The fourth-order valence-electron chi connectivity index (χ4n) is 4.51. The molecule has 0 amide bonds. The number of ether oxygens (including phenoxy) is 1. The number of piperidine rings is 1. The molecule has 14 heteroatoms. The van der Waals surface area contributed by atoms with Gasteiger partial charge in [0.25, 0.3) is 0 Å². The van der Waals surface area contributed by atoms with Gasteiger partial charge < -0.3 is 14.9 Å². The highest BCUT2D eigenvalue weighted by Crippen LogP contribution is 2.40. The maximum Gasteiger partial charge on any atom is 0.490 e. The van der Waals surface area contributed by atoms with Crippen LogP contribution in [0, 0.1) is 11.8 Å². The lowest BCUT2D eigenvalue weighted by Crippen LogP contribution is -2.72. The van der Waals surface area contributed by atoms with Crippen molar-refractivity contribution in [2.24, 2.45) is 11.8 Å². The van der Waals surface area contributed by atoms with E-state index < -0.39 is 24.3 Å². The van der Waals surface area contributed by atoms with Gasteiger partial charge in [-0.3, -0.25) is 9.80 Å². The normalized spacial score (nSPS) is 21.9. The second-order valence-electron chi connectivity index (χ2n) is 9.56. The minimum Gasteiger partial charge on any atom is -0.477 e. The van der Waals surface area contributed by atoms with E-state index in [1.54, 1.807) is 6.20 Å². The zero-order valence-corrected chi connectivity index (χ0v) is 20.3. The van der Waals surface area contributed by atoms with Gasteiger partial charge in [-0.25, -0.2) is 14.6 Å². The Morgan fingerprint density at radius 1 is 1.03 bits per heavy atom. The minimum atomic E-state index is -5.08. The summed E-state index contributed by atoms with van der Waals surface area (Å²) >= 11 is 0. The van der Waals surface area contributed by atoms with Crippen LogP contribution in [0.15, 0.2) is 24.4 Å². The van der Waals surface area contributed by atoms with Gasteiger partial charge in [-0.15, -0.1) is 0 Å². The smallest absolute Gasteiger partial charge is 0.477 e. The van der Waals surface area contributed by atoms with Gasteiger partial charge in [0.15, 0.2) is 0 Å². The molecule has 3 fully saturated rings. The molecule has 1 saturated carbocycles. The zero-order valence-electron chi connectivity index (χ0n) is 20.3. The number of nitrogens with zero attached hydrogens (tertiary/aromatic N) is 3. The molecule has 1 aromatic rings. The number of carbonyl (C=O) groups is 2. The van der Waals surface area contributed by atoms with Crippen molar-refractivity contribution in [3.05, 3.63) is 24.4 Å². The second-order valence-corrected chi connectivity index (χ2v) is 9.56. The standard InChI is InChI=1S/C19H29N3O.2C2HF3O2/c1-21-10-8-17(13-23-18-7-2-3-9-20-18)11-19(21)14-22(15-19)12-16-5-4-6-16;2*3-2(4,5)1(6)7/h2-3,7,9,16-17H,4-6,8,10-15H2,1H3;2*(H,6,7). The van der Waals surface area contributed by atoms with Crippen LogP contribution in [0.25, 0.3) is 0 Å². The van der Waals surface area contributed by atoms with Crippen molar-refractivity contribution in [2.45, 2.75) is 50.0 Å².